The smallest absolute Gasteiger partial charge is 0.268 e. The molecular weight excluding hydrogens is 1400 g/mol. The molecule has 0 aliphatic carbocycles. The van der Waals surface area contributed by atoms with E-state index in [1.165, 1.54) is 27.5 Å². The predicted octanol–water partition coefficient (Wildman–Crippen LogP) is 20.5. The Labute approximate surface area is 597 Å². The van der Waals surface area contributed by atoms with Crippen LogP contribution in [0.15, 0.2) is 340 Å². The third-order valence-corrected chi connectivity index (χ3v) is 19.5. The second-order valence-electron chi connectivity index (χ2n) is 25.5. The fraction of sp³-hybridized carbons (Fsp3) is 0.0217. The minimum atomic E-state index is 0. The topological polar surface area (TPSA) is 39.1 Å². The number of anilines is 3. The molecule has 0 saturated heterocycles. The van der Waals surface area contributed by atoms with Gasteiger partial charge in [0, 0.05) is 61.7 Å². The van der Waals surface area contributed by atoms with E-state index in [1.54, 1.807) is 0 Å². The summed E-state index contributed by atoms with van der Waals surface area (Å²) < 4.78 is 13.5. The first-order valence-corrected chi connectivity index (χ1v) is 33.7. The van der Waals surface area contributed by atoms with Crippen LogP contribution in [0.2, 0.25) is 0 Å². The normalized spacial score (nSPS) is 11.8. The zero-order valence-electron chi connectivity index (χ0n) is 54.9. The first kappa shape index (κ1) is 61.4. The summed E-state index contributed by atoms with van der Waals surface area (Å²) in [4.78, 5) is 7.55. The first-order chi connectivity index (χ1) is 48.9. The molecule has 0 amide bonds. The van der Waals surface area contributed by atoms with E-state index in [4.69, 9.17) is 9.72 Å². The third-order valence-electron chi connectivity index (χ3n) is 19.5. The molecule has 3 aromatic heterocycles. The van der Waals surface area contributed by atoms with Gasteiger partial charge in [-0.1, -0.05) is 259 Å². The van der Waals surface area contributed by atoms with E-state index in [1.807, 2.05) is 24.4 Å². The van der Waals surface area contributed by atoms with Crippen LogP contribution in [-0.4, -0.2) is 20.8 Å². The van der Waals surface area contributed by atoms with Crippen LogP contribution in [0, 0.1) is 32.3 Å². The minimum absolute atomic E-state index is 0. The summed E-state index contributed by atoms with van der Waals surface area (Å²) in [5, 5.41) is 2.13. The SMILES string of the molecule is Cc1cccc(C)c1B1c2ccccc2N(c2ccnc(-n3c4[c-]c(Oc5[c-]c(-n6[c-][n+](-c7c(-c8cc(-c9ccccc9)cc(-c9ccccc9)c8)cccc7-c7cc(-c8ccccc8)cc(-c8ccccc8)c7)c7ccccc76)ccc5)ccc4c4ccccc43)c2)c2ccccc21.[Pt]. The number of nitrogens with zero attached hydrogens (tertiary/aromatic N) is 5. The number of fused-ring (bicyclic) bond motifs is 6. The number of benzene rings is 14. The number of para-hydroxylation sites is 6. The van der Waals surface area contributed by atoms with Crippen molar-refractivity contribution < 1.29 is 30.4 Å². The Bertz CT molecular complexity index is 5620. The molecule has 4 heterocycles. The Morgan fingerprint density at radius 1 is 0.390 bits per heavy atom. The summed E-state index contributed by atoms with van der Waals surface area (Å²) in [7, 11) is 0. The van der Waals surface area contributed by atoms with Crippen LogP contribution in [0.3, 0.4) is 0 Å². The van der Waals surface area contributed by atoms with Crippen LogP contribution >= 0.6 is 0 Å². The monoisotopic (exact) mass is 1460 g/mol. The van der Waals surface area contributed by atoms with Crippen molar-refractivity contribution in [2.24, 2.45) is 0 Å². The summed E-state index contributed by atoms with van der Waals surface area (Å²) in [6.45, 7) is 4.54. The van der Waals surface area contributed by atoms with Crippen molar-refractivity contribution in [2.45, 2.75) is 13.8 Å². The van der Waals surface area contributed by atoms with Crippen LogP contribution in [0.1, 0.15) is 11.1 Å². The van der Waals surface area contributed by atoms with E-state index in [2.05, 4.69) is 366 Å². The first-order valence-electron chi connectivity index (χ1n) is 33.7. The van der Waals surface area contributed by atoms with Crippen LogP contribution in [-0.2, 0) is 21.1 Å². The third kappa shape index (κ3) is 11.0. The number of imidazole rings is 1. The van der Waals surface area contributed by atoms with Gasteiger partial charge >= 0.3 is 0 Å². The molecule has 8 heteroatoms. The number of aromatic nitrogens is 4. The molecule has 0 N–H and O–H groups in total. The second-order valence-corrected chi connectivity index (χ2v) is 25.5. The largest absolute Gasteiger partial charge is 0.510 e. The van der Waals surface area contributed by atoms with Crippen molar-refractivity contribution in [2.75, 3.05) is 4.90 Å². The molecule has 1 aliphatic heterocycles. The number of aryl methyl sites for hydroxylation is 2. The second kappa shape index (κ2) is 26.0. The van der Waals surface area contributed by atoms with Crippen LogP contribution in [0.5, 0.6) is 11.5 Å². The van der Waals surface area contributed by atoms with Gasteiger partial charge in [0.15, 0.2) is 0 Å². The molecular formula is C92H62BN5OPt-2. The molecule has 0 unspecified atom stereocenters. The van der Waals surface area contributed by atoms with Gasteiger partial charge in [-0.25, -0.2) is 4.98 Å². The number of hydrogen-bond donors (Lipinski definition) is 0. The molecule has 0 fully saturated rings. The molecule has 0 spiro atoms. The van der Waals surface area contributed by atoms with E-state index < -0.39 is 0 Å². The molecule has 17 aromatic rings. The van der Waals surface area contributed by atoms with Gasteiger partial charge < -0.3 is 18.8 Å². The van der Waals surface area contributed by atoms with Gasteiger partial charge in [0.2, 0.25) is 6.71 Å². The molecule has 0 radical (unpaired) electrons. The van der Waals surface area contributed by atoms with Crippen molar-refractivity contribution >= 4 is 73.0 Å². The van der Waals surface area contributed by atoms with Crippen LogP contribution in [0.4, 0.5) is 17.1 Å². The summed E-state index contributed by atoms with van der Waals surface area (Å²) in [5.74, 6) is 1.84. The molecule has 0 bridgehead atoms. The van der Waals surface area contributed by atoms with Crippen LogP contribution < -0.4 is 30.6 Å². The van der Waals surface area contributed by atoms with Gasteiger partial charge in [-0.15, -0.1) is 29.7 Å². The molecule has 1 aliphatic rings. The van der Waals surface area contributed by atoms with Gasteiger partial charge in [0.25, 0.3) is 6.33 Å². The summed E-state index contributed by atoms with van der Waals surface area (Å²) in [5.41, 5.74) is 28.6. The maximum absolute atomic E-state index is 6.96. The van der Waals surface area contributed by atoms with E-state index in [0.29, 0.717) is 11.5 Å². The zero-order valence-corrected chi connectivity index (χ0v) is 57.1. The molecule has 18 rings (SSSR count). The Balaban J connectivity index is 0.00000748. The Morgan fingerprint density at radius 2 is 0.870 bits per heavy atom. The van der Waals surface area contributed by atoms with Crippen LogP contribution in [0.25, 0.3) is 117 Å². The molecule has 14 aromatic carbocycles. The van der Waals surface area contributed by atoms with Gasteiger partial charge in [0.05, 0.1) is 22.4 Å². The van der Waals surface area contributed by atoms with Crippen molar-refractivity contribution in [3.63, 3.8) is 0 Å². The van der Waals surface area contributed by atoms with Crippen molar-refractivity contribution in [1.82, 2.24) is 14.1 Å². The van der Waals surface area contributed by atoms with Crippen molar-refractivity contribution in [3.8, 4) is 95.5 Å². The number of ether oxygens (including phenoxy) is 1. The van der Waals surface area contributed by atoms with E-state index in [9.17, 15) is 0 Å². The van der Waals surface area contributed by atoms with Crippen molar-refractivity contribution in [3.05, 3.63) is 369 Å². The maximum Gasteiger partial charge on any atom is 0.268 e. The predicted molar refractivity (Wildman–Crippen MR) is 408 cm³/mol. The molecule has 476 valence electrons. The molecule has 0 atom stereocenters. The molecule has 100 heavy (non-hydrogen) atoms. The van der Waals surface area contributed by atoms with E-state index in [0.717, 1.165) is 134 Å². The Kier molecular flexibility index (Phi) is 16.0. The van der Waals surface area contributed by atoms with Gasteiger partial charge in [-0.3, -0.25) is 4.57 Å². The fourth-order valence-corrected chi connectivity index (χ4v) is 15.0. The Morgan fingerprint density at radius 3 is 1.45 bits per heavy atom. The van der Waals surface area contributed by atoms with Crippen molar-refractivity contribution in [1.29, 1.82) is 0 Å². The van der Waals surface area contributed by atoms with Gasteiger partial charge in [-0.2, -0.15) is 18.2 Å². The Hall–Kier alpha value is -12.1. The molecule has 0 saturated carbocycles. The standard InChI is InChI=1S/C92H62BN5O.Pt/c1-62-26-23-27-63(2)91(62)93-82-41-16-19-44-85(82)97(86-45-20-17-42-83(86)93)75-50-51-94-90(59-75)98-84-43-18-15-38-80(84)81-49-48-77(60-89(81)98)99-76-37-24-36-74(58-76)95-61-96(88-47-22-21-46-87(88)95)92-78(72-54-68(64-28-7-3-8-29-64)52-69(55-72)65-30-9-4-10-31-65)39-25-40-79(92)73-56-70(66-32-11-5-12-33-66)53-71(57-73)67-34-13-6-14-35-67;/h3-57,59H,1-2H3;/q-2;. The summed E-state index contributed by atoms with van der Waals surface area (Å²) in [6.07, 6.45) is 5.89. The average molecular weight is 1460 g/mol. The van der Waals surface area contributed by atoms with Gasteiger partial charge in [0.1, 0.15) is 5.82 Å². The quantitative estimate of drug-likeness (QED) is 0.0656. The van der Waals surface area contributed by atoms with Gasteiger partial charge in [-0.05, 0) is 163 Å². The molecule has 6 nitrogen and oxygen atoms in total. The number of pyridine rings is 1. The number of rotatable bonds is 13. The van der Waals surface area contributed by atoms with E-state index >= 15 is 0 Å². The fourth-order valence-electron chi connectivity index (χ4n) is 15.0. The zero-order chi connectivity index (χ0) is 65.9. The summed E-state index contributed by atoms with van der Waals surface area (Å²) >= 11 is 0. The summed E-state index contributed by atoms with van der Waals surface area (Å²) in [6, 6.07) is 127. The number of hydrogen-bond acceptors (Lipinski definition) is 3. The minimum Gasteiger partial charge on any atom is -0.510 e. The van der Waals surface area contributed by atoms with E-state index in [-0.39, 0.29) is 27.8 Å². The average Bonchev–Trinajstić information content (AvgIpc) is 1.07. The maximum atomic E-state index is 6.96.